The number of hydrogen-bond acceptors (Lipinski definition) is 0. The van der Waals surface area contributed by atoms with Crippen molar-refractivity contribution in [2.75, 3.05) is 0 Å². The van der Waals surface area contributed by atoms with Crippen molar-refractivity contribution in [3.8, 4) is 0 Å². The Morgan fingerprint density at radius 1 is 2.00 bits per heavy atom. The van der Waals surface area contributed by atoms with Crippen LogP contribution in [0.1, 0.15) is 0 Å². The molecule has 4 heteroatoms. The molecule has 0 aliphatic heterocycles. The number of rotatable bonds is 0. The van der Waals surface area contributed by atoms with Crippen LogP contribution in [0.4, 0.5) is 0 Å². The first-order chi connectivity index (χ1) is 1.73. The van der Waals surface area contributed by atoms with Gasteiger partial charge in [0.25, 0.3) is 0 Å². The Bertz CT molecular complexity index is 98.2. The van der Waals surface area contributed by atoms with Gasteiger partial charge in [0.15, 0.2) is 0 Å². The second-order valence-corrected chi connectivity index (χ2v) is 7.51. The molecule has 4 heavy (non-hydrogen) atoms. The Morgan fingerprint density at radius 3 is 2.00 bits per heavy atom. The molecule has 0 fully saturated rings. The predicted octanol–water partition coefficient (Wildman–Crippen LogP) is 1.10. The Labute approximate surface area is 42.2 Å². The normalized spacial score (nSPS) is 6.75. The Kier molecular flexibility index (Phi) is 3.38. The molecule has 0 rings (SSSR count). The predicted molar refractivity (Wildman–Crippen MR) is 35.5 cm³/mol. The summed E-state index contributed by atoms with van der Waals surface area (Å²) in [7, 11) is 3.10. The van der Waals surface area contributed by atoms with Crippen LogP contribution in [0.5, 0.6) is 0 Å². The van der Waals surface area contributed by atoms with E-state index in [0.29, 0.717) is 0 Å². The molecule has 0 radical (unpaired) electrons. The van der Waals surface area contributed by atoms with E-state index in [-0.39, 0.29) is 6.48 Å². The molecule has 0 heterocycles. The third-order valence-electron chi connectivity index (χ3n) is 0. The third kappa shape index (κ3) is 10.3. The van der Waals surface area contributed by atoms with Gasteiger partial charge in [-0.2, -0.15) is 0 Å². The van der Waals surface area contributed by atoms with Gasteiger partial charge >= 0.3 is 42.2 Å². The summed E-state index contributed by atoms with van der Waals surface area (Å²) in [5.41, 5.74) is 0. The first kappa shape index (κ1) is 5.31. The maximum absolute atomic E-state index is 5.04. The Morgan fingerprint density at radius 2 is 2.00 bits per heavy atom. The zero-order chi connectivity index (χ0) is 3.58. The zero-order valence-corrected chi connectivity index (χ0v) is 5.84. The standard InChI is InChI=1S/BHIPS/c1-4(2)3/h3H. The summed E-state index contributed by atoms with van der Waals surface area (Å²) < 4.78 is 0. The molecule has 0 spiro atoms. The summed E-state index contributed by atoms with van der Waals surface area (Å²) >= 11 is 2.06. The maximum atomic E-state index is 5.04. The molecule has 22 valence electrons. The number of halogens is 1. The Balaban J connectivity index is 3.85. The van der Waals surface area contributed by atoms with Gasteiger partial charge in [-0.1, -0.05) is 0 Å². The van der Waals surface area contributed by atoms with E-state index in [1.165, 1.54) is 0 Å². The Hall–Kier alpha value is 1.31. The molecule has 0 aromatic heterocycles. The molecule has 0 aliphatic carbocycles. The van der Waals surface area contributed by atoms with E-state index in [4.69, 9.17) is 6.53 Å². The van der Waals surface area contributed by atoms with Gasteiger partial charge < -0.3 is 0 Å². The van der Waals surface area contributed by atoms with Crippen molar-refractivity contribution in [2.45, 2.75) is 0 Å². The van der Waals surface area contributed by atoms with E-state index in [1.54, 1.807) is 0 Å². The van der Waals surface area contributed by atoms with E-state index in [0.717, 1.165) is 0 Å². The van der Waals surface area contributed by atoms with Gasteiger partial charge in [-0.25, -0.2) is 0 Å². The van der Waals surface area contributed by atoms with Gasteiger partial charge in [-0.3, -0.25) is 0 Å². The van der Waals surface area contributed by atoms with Crippen molar-refractivity contribution in [3.05, 3.63) is 0 Å². The minimum absolute atomic E-state index is 0.0856. The molecule has 0 amide bonds. The summed E-state index contributed by atoms with van der Waals surface area (Å²) in [4.78, 5) is 0. The zero-order valence-electron chi connectivity index (χ0n) is 1.86. The molecule has 0 aromatic rings. The molecule has 0 bridgehead atoms. The third-order valence-corrected chi connectivity index (χ3v) is 0. The quantitative estimate of drug-likeness (QED) is 0.313. The molecule has 0 saturated heterocycles. The van der Waals surface area contributed by atoms with Crippen LogP contribution in [0.3, 0.4) is 0 Å². The molecular weight excluding hydrogens is 201 g/mol. The van der Waals surface area contributed by atoms with Crippen LogP contribution in [0.15, 0.2) is 0 Å². The molecule has 0 atom stereocenters. The van der Waals surface area contributed by atoms with Gasteiger partial charge in [0.1, 0.15) is 0 Å². The van der Waals surface area contributed by atoms with Crippen LogP contribution < -0.4 is 0 Å². The molecule has 0 unspecified atom stereocenters. The first-order valence-corrected chi connectivity index (χ1v) is 5.65. The second kappa shape index (κ2) is 2.55. The summed E-state index contributed by atoms with van der Waals surface area (Å²) in [6, 6.07) is 0. The van der Waals surface area contributed by atoms with E-state index in [1.807, 2.05) is 0 Å². The van der Waals surface area contributed by atoms with Crippen molar-refractivity contribution in [1.29, 1.82) is 0 Å². The average molecular weight is 202 g/mol. The van der Waals surface area contributed by atoms with Crippen molar-refractivity contribution in [1.82, 2.24) is 0 Å². The van der Waals surface area contributed by atoms with Gasteiger partial charge in [0.05, 0.1) is 0 Å². The van der Waals surface area contributed by atoms with Crippen LogP contribution in [0.2, 0.25) is 0 Å². The summed E-state index contributed by atoms with van der Waals surface area (Å²) in [6.45, 7) is 4.95. The van der Waals surface area contributed by atoms with Crippen LogP contribution in [0.25, 0.3) is 0 Å². The molecule has 0 saturated carbocycles. The molecular formula is HBIPS. The molecule has 0 aromatic carbocycles. The average Bonchev–Trinajstić information content (AvgIpc) is 0.811. The van der Waals surface area contributed by atoms with Crippen LogP contribution in [0, 0.1) is 0 Å². The number of hydrogen-bond donors (Lipinski definition) is 0. The molecule has 0 aliphatic rings. The van der Waals surface area contributed by atoms with Gasteiger partial charge in [0.2, 0.25) is 0 Å². The monoisotopic (exact) mass is 202 g/mol. The summed E-state index contributed by atoms with van der Waals surface area (Å²) in [5.74, 6) is 0. The summed E-state index contributed by atoms with van der Waals surface area (Å²) in [5, 5.41) is 0. The van der Waals surface area contributed by atoms with E-state index >= 15 is 0 Å². The van der Waals surface area contributed by atoms with Crippen molar-refractivity contribution >= 4 is 42.2 Å². The van der Waals surface area contributed by atoms with Gasteiger partial charge in [-0.15, -0.1) is 0 Å². The van der Waals surface area contributed by atoms with E-state index < -0.39 is 0 Å². The van der Waals surface area contributed by atoms with E-state index in [2.05, 4.69) is 29.2 Å². The first-order valence-electron chi connectivity index (χ1n) is 0.594. The van der Waals surface area contributed by atoms with Crippen LogP contribution >= 0.6 is 29.2 Å². The fraction of sp³-hybridized carbons (Fsp3) is 0. The fourth-order valence-electron chi connectivity index (χ4n) is 0. The fourth-order valence-corrected chi connectivity index (χ4v) is 0. The minimum atomic E-state index is -0.0856. The second-order valence-electron chi connectivity index (χ2n) is 0.284. The molecule has 0 N–H and O–H groups in total. The topological polar surface area (TPSA) is 0 Å². The van der Waals surface area contributed by atoms with Crippen molar-refractivity contribution < 1.29 is 0 Å². The molecule has 0 nitrogen and oxygen atoms in total. The van der Waals surface area contributed by atoms with Gasteiger partial charge in [0, 0.05) is 0 Å². The van der Waals surface area contributed by atoms with Crippen molar-refractivity contribution in [2.24, 2.45) is 0 Å². The van der Waals surface area contributed by atoms with E-state index in [9.17, 15) is 0 Å². The van der Waals surface area contributed by atoms with Crippen molar-refractivity contribution in [3.63, 3.8) is 0 Å². The van der Waals surface area contributed by atoms with Gasteiger partial charge in [-0.05, 0) is 0 Å². The SMILES string of the molecule is B#S(=P)I. The van der Waals surface area contributed by atoms with Crippen LogP contribution in [-0.2, 0) is 6.48 Å². The van der Waals surface area contributed by atoms with Crippen LogP contribution in [-0.4, -0.2) is 6.53 Å². The summed E-state index contributed by atoms with van der Waals surface area (Å²) in [6.07, 6.45) is 0.